The van der Waals surface area contributed by atoms with Crippen LogP contribution in [0.2, 0.25) is 0 Å². The smallest absolute Gasteiger partial charge is 0.410 e. The molecule has 3 aliphatic rings. The lowest BCUT2D eigenvalue weighted by atomic mass is 9.68. The van der Waals surface area contributed by atoms with Crippen LogP contribution >= 0.6 is 0 Å². The lowest BCUT2D eigenvalue weighted by molar-refractivity contribution is -0.174. The van der Waals surface area contributed by atoms with E-state index in [-0.39, 0.29) is 29.8 Å². The summed E-state index contributed by atoms with van der Waals surface area (Å²) in [6.07, 6.45) is 4.03. The minimum absolute atomic E-state index is 0.00787. The van der Waals surface area contributed by atoms with E-state index >= 15 is 0 Å². The largest absolute Gasteiger partial charge is 0.443 e. The lowest BCUT2D eigenvalue weighted by Gasteiger charge is -2.48. The predicted octanol–water partition coefficient (Wildman–Crippen LogP) is 3.15. The second-order valence-electron chi connectivity index (χ2n) is 8.53. The summed E-state index contributed by atoms with van der Waals surface area (Å²) in [5, 5.41) is 0. The van der Waals surface area contributed by atoms with E-state index in [2.05, 4.69) is 33.8 Å². The first-order chi connectivity index (χ1) is 12.3. The Kier molecular flexibility index (Phi) is 5.66. The maximum absolute atomic E-state index is 12.3. The molecule has 2 aliphatic heterocycles. The summed E-state index contributed by atoms with van der Waals surface area (Å²) in [6.45, 7) is 11.2. The molecule has 6 nitrogen and oxygen atoms in total. The Bertz CT molecular complexity index is 546. The highest BCUT2D eigenvalue weighted by Crippen LogP contribution is 2.52. The number of carbonyl (C=O) groups excluding carboxylic acids is 1. The molecule has 0 aromatic carbocycles. The summed E-state index contributed by atoms with van der Waals surface area (Å²) < 4.78 is 23.8. The van der Waals surface area contributed by atoms with Gasteiger partial charge in [-0.1, -0.05) is 11.6 Å². The third-order valence-corrected chi connectivity index (χ3v) is 5.96. The standard InChI is InChI=1S/C20H33NO5/c1-14(2)8-12-24-19(3,4)17-16(23-5)15(7-9-20(17)13-25-20)26-18(22)21-10-6-11-21/h8,15-17H,6-7,9-13H2,1-5H3/t15-,16-,17-,20?/m1/s1. The first-order valence-electron chi connectivity index (χ1n) is 9.69. The maximum Gasteiger partial charge on any atom is 0.410 e. The summed E-state index contributed by atoms with van der Waals surface area (Å²) in [7, 11) is 1.69. The van der Waals surface area contributed by atoms with Crippen molar-refractivity contribution in [1.82, 2.24) is 4.90 Å². The molecule has 1 saturated carbocycles. The second-order valence-corrected chi connectivity index (χ2v) is 8.53. The predicted molar refractivity (Wildman–Crippen MR) is 98.1 cm³/mol. The van der Waals surface area contributed by atoms with Crippen LogP contribution in [0, 0.1) is 5.92 Å². The molecule has 6 heteroatoms. The van der Waals surface area contributed by atoms with Gasteiger partial charge in [0.25, 0.3) is 0 Å². The van der Waals surface area contributed by atoms with E-state index in [0.717, 1.165) is 39.0 Å². The van der Waals surface area contributed by atoms with Crippen LogP contribution in [0.25, 0.3) is 0 Å². The Balaban J connectivity index is 1.73. The Hall–Kier alpha value is -1.11. The van der Waals surface area contributed by atoms with Gasteiger partial charge in [-0.25, -0.2) is 4.79 Å². The van der Waals surface area contributed by atoms with Gasteiger partial charge in [0.2, 0.25) is 0 Å². The molecule has 2 heterocycles. The van der Waals surface area contributed by atoms with Crippen molar-refractivity contribution in [1.29, 1.82) is 0 Å². The van der Waals surface area contributed by atoms with Crippen LogP contribution in [-0.4, -0.2) is 67.8 Å². The molecule has 0 radical (unpaired) electrons. The van der Waals surface area contributed by atoms with Gasteiger partial charge >= 0.3 is 6.09 Å². The molecule has 0 aromatic rings. The number of hydrogen-bond acceptors (Lipinski definition) is 5. The molecule has 0 bridgehead atoms. The Morgan fingerprint density at radius 3 is 2.54 bits per heavy atom. The van der Waals surface area contributed by atoms with Gasteiger partial charge in [0.05, 0.1) is 24.4 Å². The van der Waals surface area contributed by atoms with Gasteiger partial charge < -0.3 is 23.8 Å². The monoisotopic (exact) mass is 367 g/mol. The topological polar surface area (TPSA) is 60.5 Å². The zero-order valence-corrected chi connectivity index (χ0v) is 16.7. The van der Waals surface area contributed by atoms with Crippen LogP contribution in [0.5, 0.6) is 0 Å². The van der Waals surface area contributed by atoms with E-state index in [4.69, 9.17) is 18.9 Å². The molecular weight excluding hydrogens is 334 g/mol. The average molecular weight is 367 g/mol. The number of allylic oxidation sites excluding steroid dienone is 1. The molecule has 2 saturated heterocycles. The van der Waals surface area contributed by atoms with E-state index < -0.39 is 5.60 Å². The fourth-order valence-electron chi connectivity index (χ4n) is 4.30. The van der Waals surface area contributed by atoms with Crippen molar-refractivity contribution in [2.75, 3.05) is 33.4 Å². The van der Waals surface area contributed by atoms with E-state index in [0.29, 0.717) is 6.61 Å². The van der Waals surface area contributed by atoms with Crippen molar-refractivity contribution in [3.8, 4) is 0 Å². The van der Waals surface area contributed by atoms with Gasteiger partial charge in [-0.05, 0) is 47.0 Å². The molecule has 4 atom stereocenters. The van der Waals surface area contributed by atoms with Crippen LogP contribution in [-0.2, 0) is 18.9 Å². The fourth-order valence-corrected chi connectivity index (χ4v) is 4.30. The fraction of sp³-hybridized carbons (Fsp3) is 0.850. The van der Waals surface area contributed by atoms with Crippen molar-refractivity contribution >= 4 is 6.09 Å². The number of amides is 1. The summed E-state index contributed by atoms with van der Waals surface area (Å²) >= 11 is 0. The first kappa shape index (κ1) is 19.6. The number of nitrogens with zero attached hydrogens (tertiary/aromatic N) is 1. The molecule has 0 aromatic heterocycles. The summed E-state index contributed by atoms with van der Waals surface area (Å²) in [5.74, 6) is 0.00787. The number of likely N-dealkylation sites (tertiary alicyclic amines) is 1. The summed E-state index contributed by atoms with van der Waals surface area (Å²) in [4.78, 5) is 14.1. The van der Waals surface area contributed by atoms with Crippen LogP contribution in [0.4, 0.5) is 4.79 Å². The van der Waals surface area contributed by atoms with Gasteiger partial charge in [-0.15, -0.1) is 0 Å². The first-order valence-corrected chi connectivity index (χ1v) is 9.69. The summed E-state index contributed by atoms with van der Waals surface area (Å²) in [6, 6.07) is 0. The van der Waals surface area contributed by atoms with Crippen molar-refractivity contribution < 1.29 is 23.7 Å². The van der Waals surface area contributed by atoms with Crippen LogP contribution < -0.4 is 0 Å². The maximum atomic E-state index is 12.3. The highest BCUT2D eigenvalue weighted by atomic mass is 16.6. The van der Waals surface area contributed by atoms with Crippen molar-refractivity contribution in [2.45, 2.75) is 70.4 Å². The third-order valence-electron chi connectivity index (χ3n) is 5.96. The highest BCUT2D eigenvalue weighted by molar-refractivity contribution is 5.68. The molecular formula is C20H33NO5. The molecule has 1 unspecified atom stereocenters. The van der Waals surface area contributed by atoms with E-state index in [1.165, 1.54) is 5.57 Å². The number of methoxy groups -OCH3 is 1. The van der Waals surface area contributed by atoms with E-state index in [1.54, 1.807) is 12.0 Å². The van der Waals surface area contributed by atoms with Crippen LogP contribution in [0.15, 0.2) is 11.6 Å². The molecule has 0 N–H and O–H groups in total. The minimum Gasteiger partial charge on any atom is -0.443 e. The average Bonchev–Trinajstić information content (AvgIpc) is 3.26. The Morgan fingerprint density at radius 2 is 2.04 bits per heavy atom. The van der Waals surface area contributed by atoms with Gasteiger partial charge in [0, 0.05) is 26.1 Å². The number of epoxide rings is 1. The molecule has 1 spiro atoms. The van der Waals surface area contributed by atoms with Crippen molar-refractivity contribution in [2.24, 2.45) is 5.92 Å². The van der Waals surface area contributed by atoms with Crippen molar-refractivity contribution in [3.63, 3.8) is 0 Å². The van der Waals surface area contributed by atoms with E-state index in [9.17, 15) is 4.79 Å². The molecule has 26 heavy (non-hydrogen) atoms. The zero-order valence-electron chi connectivity index (χ0n) is 16.7. The third kappa shape index (κ3) is 3.92. The second kappa shape index (κ2) is 7.49. The molecule has 1 aliphatic carbocycles. The SMILES string of the molecule is CO[C@H]1[C@H](C(C)(C)OCC=C(C)C)C2(CC[C@H]1OC(=O)N1CCC1)CO2. The van der Waals surface area contributed by atoms with Gasteiger partial charge in [0.1, 0.15) is 12.2 Å². The normalized spacial score (nSPS) is 33.6. The number of ether oxygens (including phenoxy) is 4. The summed E-state index contributed by atoms with van der Waals surface area (Å²) in [5.41, 5.74) is 0.561. The lowest BCUT2D eigenvalue weighted by Crippen LogP contribution is -2.59. The minimum atomic E-state index is -0.453. The van der Waals surface area contributed by atoms with Gasteiger partial charge in [0.15, 0.2) is 0 Å². The van der Waals surface area contributed by atoms with E-state index in [1.807, 2.05) is 0 Å². The van der Waals surface area contributed by atoms with Crippen LogP contribution in [0.3, 0.4) is 0 Å². The zero-order chi connectivity index (χ0) is 18.9. The molecule has 3 rings (SSSR count). The number of hydrogen-bond donors (Lipinski definition) is 0. The molecule has 3 fully saturated rings. The van der Waals surface area contributed by atoms with Gasteiger partial charge in [-0.2, -0.15) is 0 Å². The quantitative estimate of drug-likeness (QED) is 0.533. The van der Waals surface area contributed by atoms with Gasteiger partial charge in [-0.3, -0.25) is 0 Å². The number of rotatable bonds is 6. The Morgan fingerprint density at radius 1 is 1.35 bits per heavy atom. The number of carbonyl (C=O) groups is 1. The van der Waals surface area contributed by atoms with Crippen LogP contribution in [0.1, 0.15) is 47.0 Å². The molecule has 148 valence electrons. The Labute approximate surface area is 156 Å². The highest BCUT2D eigenvalue weighted by Gasteiger charge is 2.64. The van der Waals surface area contributed by atoms with Crippen molar-refractivity contribution in [3.05, 3.63) is 11.6 Å². The molecule has 1 amide bonds.